The lowest BCUT2D eigenvalue weighted by Gasteiger charge is -2.06. The molecule has 0 aliphatic heterocycles. The number of aryl methyl sites for hydroxylation is 1. The summed E-state index contributed by atoms with van der Waals surface area (Å²) in [6.45, 7) is 2.01. The fraction of sp³-hybridized carbons (Fsp3) is 0.0714. The molecule has 2 aromatic carbocycles. The van der Waals surface area contributed by atoms with E-state index in [0.29, 0.717) is 5.56 Å². The molecule has 2 aromatic rings. The van der Waals surface area contributed by atoms with Gasteiger partial charge in [0.25, 0.3) is 0 Å². The molecule has 0 spiro atoms. The number of hydrogen-bond acceptors (Lipinski definition) is 2. The number of rotatable bonds is 1. The van der Waals surface area contributed by atoms with Crippen LogP contribution >= 0.6 is 0 Å². The first-order valence-electron chi connectivity index (χ1n) is 5.07. The number of nitrogen functional groups attached to an aromatic ring is 1. The summed E-state index contributed by atoms with van der Waals surface area (Å²) in [5.41, 5.74) is 10.5. The zero-order chi connectivity index (χ0) is 11.5. The second-order valence-corrected chi connectivity index (χ2v) is 3.78. The number of nitrogens with two attached hydrogens (primary N) is 1. The van der Waals surface area contributed by atoms with Crippen molar-refractivity contribution in [3.63, 3.8) is 0 Å². The monoisotopic (exact) mass is 208 g/mol. The standard InChI is InChI=1S/C14H12N2/c1-10-5-6-13(14(16)7-10)12-4-2-3-11(8-12)9-15/h2-8H,16H2,1H3. The minimum atomic E-state index is 0.650. The molecule has 0 heterocycles. The predicted molar refractivity (Wildman–Crippen MR) is 65.7 cm³/mol. The van der Waals surface area contributed by atoms with Crippen molar-refractivity contribution in [3.05, 3.63) is 53.6 Å². The fourth-order valence-corrected chi connectivity index (χ4v) is 1.70. The molecule has 0 atom stereocenters. The van der Waals surface area contributed by atoms with Gasteiger partial charge in [-0.15, -0.1) is 0 Å². The van der Waals surface area contributed by atoms with Gasteiger partial charge in [0.2, 0.25) is 0 Å². The third-order valence-corrected chi connectivity index (χ3v) is 2.51. The molecule has 2 heteroatoms. The molecule has 0 radical (unpaired) electrons. The highest BCUT2D eigenvalue weighted by molar-refractivity contribution is 5.77. The lowest BCUT2D eigenvalue weighted by Crippen LogP contribution is -1.91. The highest BCUT2D eigenvalue weighted by Gasteiger charge is 2.03. The summed E-state index contributed by atoms with van der Waals surface area (Å²) in [4.78, 5) is 0. The Kier molecular flexibility index (Phi) is 2.61. The first kappa shape index (κ1) is 10.3. The maximum atomic E-state index is 8.84. The summed E-state index contributed by atoms with van der Waals surface area (Å²) < 4.78 is 0. The molecule has 16 heavy (non-hydrogen) atoms. The van der Waals surface area contributed by atoms with Gasteiger partial charge in [-0.2, -0.15) is 5.26 Å². The van der Waals surface area contributed by atoms with Gasteiger partial charge in [0, 0.05) is 11.3 Å². The number of nitrogens with zero attached hydrogens (tertiary/aromatic N) is 1. The third-order valence-electron chi connectivity index (χ3n) is 2.51. The van der Waals surface area contributed by atoms with E-state index in [-0.39, 0.29) is 0 Å². The van der Waals surface area contributed by atoms with Crippen LogP contribution in [0.5, 0.6) is 0 Å². The maximum absolute atomic E-state index is 8.84. The van der Waals surface area contributed by atoms with Crippen LogP contribution in [-0.2, 0) is 0 Å². The van der Waals surface area contributed by atoms with E-state index in [0.717, 1.165) is 22.4 Å². The zero-order valence-electron chi connectivity index (χ0n) is 9.07. The van der Waals surface area contributed by atoms with Gasteiger partial charge in [-0.1, -0.05) is 24.3 Å². The van der Waals surface area contributed by atoms with E-state index in [2.05, 4.69) is 6.07 Å². The summed E-state index contributed by atoms with van der Waals surface area (Å²) in [5.74, 6) is 0. The topological polar surface area (TPSA) is 49.8 Å². The van der Waals surface area contributed by atoms with Gasteiger partial charge in [0.05, 0.1) is 11.6 Å². The Bertz CT molecular complexity index is 565. The molecule has 2 N–H and O–H groups in total. The smallest absolute Gasteiger partial charge is 0.0991 e. The van der Waals surface area contributed by atoms with E-state index in [9.17, 15) is 0 Å². The van der Waals surface area contributed by atoms with Gasteiger partial charge < -0.3 is 5.73 Å². The van der Waals surface area contributed by atoms with Gasteiger partial charge in [0.15, 0.2) is 0 Å². The van der Waals surface area contributed by atoms with Crippen molar-refractivity contribution in [3.8, 4) is 17.2 Å². The molecular weight excluding hydrogens is 196 g/mol. The second kappa shape index (κ2) is 4.08. The molecule has 0 aliphatic rings. The number of anilines is 1. The van der Waals surface area contributed by atoms with Crippen LogP contribution in [0.2, 0.25) is 0 Å². The Balaban J connectivity index is 2.55. The van der Waals surface area contributed by atoms with Gasteiger partial charge >= 0.3 is 0 Å². The van der Waals surface area contributed by atoms with E-state index in [1.807, 2.05) is 43.3 Å². The highest BCUT2D eigenvalue weighted by atomic mass is 14.6. The Morgan fingerprint density at radius 1 is 1.12 bits per heavy atom. The number of benzene rings is 2. The third kappa shape index (κ3) is 1.89. The molecule has 0 bridgehead atoms. The molecule has 2 rings (SSSR count). The number of nitriles is 1. The summed E-state index contributed by atoms with van der Waals surface area (Å²) in [6, 6.07) is 15.5. The highest BCUT2D eigenvalue weighted by Crippen LogP contribution is 2.27. The molecule has 78 valence electrons. The average Bonchev–Trinajstić information content (AvgIpc) is 2.29. The van der Waals surface area contributed by atoms with Crippen molar-refractivity contribution >= 4 is 5.69 Å². The minimum absolute atomic E-state index is 0.650. The zero-order valence-corrected chi connectivity index (χ0v) is 9.07. The predicted octanol–water partition coefficient (Wildman–Crippen LogP) is 3.12. The molecule has 0 saturated heterocycles. The van der Waals surface area contributed by atoms with Crippen molar-refractivity contribution < 1.29 is 0 Å². The molecule has 2 nitrogen and oxygen atoms in total. The average molecular weight is 208 g/mol. The van der Waals surface area contributed by atoms with E-state index in [4.69, 9.17) is 11.0 Å². The molecular formula is C14H12N2. The first-order chi connectivity index (χ1) is 7.70. The van der Waals surface area contributed by atoms with Gasteiger partial charge in [-0.25, -0.2) is 0 Å². The summed E-state index contributed by atoms with van der Waals surface area (Å²) in [6.07, 6.45) is 0. The molecule has 0 aliphatic carbocycles. The molecule has 0 aromatic heterocycles. The normalized spacial score (nSPS) is 9.75. The molecule has 0 unspecified atom stereocenters. The second-order valence-electron chi connectivity index (χ2n) is 3.78. The summed E-state index contributed by atoms with van der Waals surface area (Å²) in [7, 11) is 0. The maximum Gasteiger partial charge on any atom is 0.0991 e. The van der Waals surface area contributed by atoms with Crippen LogP contribution in [0.15, 0.2) is 42.5 Å². The quantitative estimate of drug-likeness (QED) is 0.732. The van der Waals surface area contributed by atoms with Crippen LogP contribution in [0, 0.1) is 18.3 Å². The van der Waals surface area contributed by atoms with Crippen LogP contribution in [0.3, 0.4) is 0 Å². The van der Waals surface area contributed by atoms with Crippen molar-refractivity contribution in [2.24, 2.45) is 0 Å². The van der Waals surface area contributed by atoms with E-state index < -0.39 is 0 Å². The fourth-order valence-electron chi connectivity index (χ4n) is 1.70. The Labute approximate surface area is 95.0 Å². The summed E-state index contributed by atoms with van der Waals surface area (Å²) in [5, 5.41) is 8.84. The van der Waals surface area contributed by atoms with Crippen molar-refractivity contribution in [2.75, 3.05) is 5.73 Å². The molecule has 0 amide bonds. The minimum Gasteiger partial charge on any atom is -0.398 e. The van der Waals surface area contributed by atoms with Crippen LogP contribution in [-0.4, -0.2) is 0 Å². The molecule has 0 fully saturated rings. The Morgan fingerprint density at radius 3 is 2.62 bits per heavy atom. The van der Waals surface area contributed by atoms with Gasteiger partial charge in [-0.05, 0) is 36.2 Å². The van der Waals surface area contributed by atoms with E-state index in [1.54, 1.807) is 6.07 Å². The van der Waals surface area contributed by atoms with Gasteiger partial charge in [0.1, 0.15) is 0 Å². The van der Waals surface area contributed by atoms with Crippen LogP contribution in [0.1, 0.15) is 11.1 Å². The number of hydrogen-bond donors (Lipinski definition) is 1. The molecule has 0 saturated carbocycles. The Morgan fingerprint density at radius 2 is 1.94 bits per heavy atom. The van der Waals surface area contributed by atoms with Crippen molar-refractivity contribution in [1.29, 1.82) is 5.26 Å². The van der Waals surface area contributed by atoms with E-state index in [1.165, 1.54) is 0 Å². The van der Waals surface area contributed by atoms with Crippen LogP contribution < -0.4 is 5.73 Å². The lowest BCUT2D eigenvalue weighted by atomic mass is 10.0. The van der Waals surface area contributed by atoms with Crippen LogP contribution in [0.25, 0.3) is 11.1 Å². The largest absolute Gasteiger partial charge is 0.398 e. The summed E-state index contributed by atoms with van der Waals surface area (Å²) >= 11 is 0. The van der Waals surface area contributed by atoms with Crippen molar-refractivity contribution in [2.45, 2.75) is 6.92 Å². The van der Waals surface area contributed by atoms with Crippen molar-refractivity contribution in [1.82, 2.24) is 0 Å². The van der Waals surface area contributed by atoms with E-state index >= 15 is 0 Å². The first-order valence-corrected chi connectivity index (χ1v) is 5.07. The Hall–Kier alpha value is -2.27. The van der Waals surface area contributed by atoms with Crippen LogP contribution in [0.4, 0.5) is 5.69 Å². The van der Waals surface area contributed by atoms with Gasteiger partial charge in [-0.3, -0.25) is 0 Å². The lowest BCUT2D eigenvalue weighted by molar-refractivity contribution is 1.46. The SMILES string of the molecule is Cc1ccc(-c2cccc(C#N)c2)c(N)c1.